The van der Waals surface area contributed by atoms with Gasteiger partial charge in [-0.3, -0.25) is 4.79 Å². The molecular weight excluding hydrogens is 170 g/mol. The lowest BCUT2D eigenvalue weighted by atomic mass is 10.2. The molecule has 0 aromatic carbocycles. The minimum Gasteiger partial charge on any atom is -0.456 e. The van der Waals surface area contributed by atoms with Crippen LogP contribution in [-0.4, -0.2) is 19.8 Å². The standard InChI is InChI=1S/C8H17NO2Si/c1-7(6-8(2)10)9-11-12(3,4)5/h6H2,1-5H3/b9-7+. The molecule has 0 saturated heterocycles. The van der Waals surface area contributed by atoms with Crippen LogP contribution in [-0.2, 0) is 9.32 Å². The third-order valence-electron chi connectivity index (χ3n) is 0.980. The maximum atomic E-state index is 10.7. The first-order chi connectivity index (χ1) is 5.31. The van der Waals surface area contributed by atoms with E-state index >= 15 is 0 Å². The van der Waals surface area contributed by atoms with E-state index < -0.39 is 8.32 Å². The van der Waals surface area contributed by atoms with Crippen molar-refractivity contribution >= 4 is 19.8 Å². The summed E-state index contributed by atoms with van der Waals surface area (Å²) in [5.74, 6) is 0.121. The largest absolute Gasteiger partial charge is 0.456 e. The number of ketones is 1. The first-order valence-corrected chi connectivity index (χ1v) is 7.43. The molecule has 0 aliphatic rings. The van der Waals surface area contributed by atoms with Crippen LogP contribution in [0.3, 0.4) is 0 Å². The number of nitrogens with zero attached hydrogens (tertiary/aromatic N) is 1. The van der Waals surface area contributed by atoms with Crippen molar-refractivity contribution in [2.75, 3.05) is 0 Å². The fourth-order valence-electron chi connectivity index (χ4n) is 0.607. The summed E-state index contributed by atoms with van der Waals surface area (Å²) in [6, 6.07) is 0. The zero-order valence-electron chi connectivity index (χ0n) is 8.47. The van der Waals surface area contributed by atoms with Crippen LogP contribution >= 0.6 is 0 Å². The molecule has 0 amide bonds. The normalized spacial score (nSPS) is 12.9. The third kappa shape index (κ3) is 7.46. The van der Waals surface area contributed by atoms with E-state index in [-0.39, 0.29) is 5.78 Å². The molecular formula is C8H17NO2Si. The van der Waals surface area contributed by atoms with Crippen molar-refractivity contribution in [2.24, 2.45) is 5.16 Å². The Morgan fingerprint density at radius 3 is 2.17 bits per heavy atom. The highest BCUT2D eigenvalue weighted by Crippen LogP contribution is 2.03. The molecule has 0 aliphatic heterocycles. The predicted octanol–water partition coefficient (Wildman–Crippen LogP) is 2.19. The Balaban J connectivity index is 3.93. The number of carbonyl (C=O) groups excluding carboxylic acids is 1. The average molecular weight is 187 g/mol. The monoisotopic (exact) mass is 187 g/mol. The van der Waals surface area contributed by atoms with Crippen LogP contribution in [0.4, 0.5) is 0 Å². The molecule has 0 aromatic rings. The van der Waals surface area contributed by atoms with Crippen molar-refractivity contribution in [3.8, 4) is 0 Å². The second-order valence-electron chi connectivity index (χ2n) is 3.91. The van der Waals surface area contributed by atoms with Gasteiger partial charge < -0.3 is 4.53 Å². The number of hydrogen-bond acceptors (Lipinski definition) is 3. The number of Topliss-reactive ketones (excluding diaryl/α,β-unsaturated/α-hetero) is 1. The van der Waals surface area contributed by atoms with Gasteiger partial charge in [0.25, 0.3) is 8.32 Å². The van der Waals surface area contributed by atoms with E-state index in [4.69, 9.17) is 4.53 Å². The Morgan fingerprint density at radius 1 is 1.33 bits per heavy atom. The minimum atomic E-state index is -1.57. The second-order valence-corrected chi connectivity index (χ2v) is 8.32. The van der Waals surface area contributed by atoms with E-state index in [1.807, 2.05) is 6.92 Å². The third-order valence-corrected chi connectivity index (χ3v) is 1.62. The molecule has 0 aromatic heterocycles. The predicted molar refractivity (Wildman–Crippen MR) is 52.8 cm³/mol. The zero-order chi connectivity index (χ0) is 9.78. The molecule has 3 nitrogen and oxygen atoms in total. The lowest BCUT2D eigenvalue weighted by molar-refractivity contribution is -0.115. The molecule has 0 spiro atoms. The van der Waals surface area contributed by atoms with Crippen molar-refractivity contribution < 1.29 is 9.32 Å². The van der Waals surface area contributed by atoms with E-state index in [2.05, 4.69) is 24.8 Å². The molecule has 0 saturated carbocycles. The molecule has 70 valence electrons. The van der Waals surface area contributed by atoms with Gasteiger partial charge >= 0.3 is 0 Å². The van der Waals surface area contributed by atoms with Gasteiger partial charge in [-0.05, 0) is 33.5 Å². The van der Waals surface area contributed by atoms with Gasteiger partial charge in [0.15, 0.2) is 0 Å². The van der Waals surface area contributed by atoms with Crippen molar-refractivity contribution in [3.63, 3.8) is 0 Å². The summed E-state index contributed by atoms with van der Waals surface area (Å²) >= 11 is 0. The smallest absolute Gasteiger partial charge is 0.278 e. The van der Waals surface area contributed by atoms with Gasteiger partial charge in [-0.2, -0.15) is 0 Å². The Bertz CT molecular complexity index is 194. The van der Waals surface area contributed by atoms with E-state index in [1.54, 1.807) is 6.92 Å². The molecule has 0 heterocycles. The fourth-order valence-corrected chi connectivity index (χ4v) is 1.04. The van der Waals surface area contributed by atoms with Gasteiger partial charge in [-0.1, -0.05) is 0 Å². The van der Waals surface area contributed by atoms with Crippen LogP contribution < -0.4 is 0 Å². The summed E-state index contributed by atoms with van der Waals surface area (Å²) in [6.07, 6.45) is 0.393. The van der Waals surface area contributed by atoms with E-state index in [1.165, 1.54) is 0 Å². The summed E-state index contributed by atoms with van der Waals surface area (Å²) in [6.45, 7) is 9.52. The Morgan fingerprint density at radius 2 is 1.83 bits per heavy atom. The summed E-state index contributed by atoms with van der Waals surface area (Å²) < 4.78 is 5.27. The van der Waals surface area contributed by atoms with Crippen LogP contribution in [0.2, 0.25) is 19.6 Å². The van der Waals surface area contributed by atoms with E-state index in [0.29, 0.717) is 6.42 Å². The Hall–Kier alpha value is -0.643. The molecule has 0 radical (unpaired) electrons. The highest BCUT2D eigenvalue weighted by molar-refractivity contribution is 6.69. The number of carbonyl (C=O) groups is 1. The van der Waals surface area contributed by atoms with Crippen LogP contribution in [0, 0.1) is 0 Å². The topological polar surface area (TPSA) is 38.7 Å². The van der Waals surface area contributed by atoms with Crippen molar-refractivity contribution in [2.45, 2.75) is 39.9 Å². The summed E-state index contributed by atoms with van der Waals surface area (Å²) in [4.78, 5) is 10.7. The molecule has 4 heteroatoms. The van der Waals surface area contributed by atoms with Crippen LogP contribution in [0.5, 0.6) is 0 Å². The molecule has 0 fully saturated rings. The van der Waals surface area contributed by atoms with Gasteiger partial charge in [0.2, 0.25) is 0 Å². The number of oxime groups is 1. The summed E-state index contributed by atoms with van der Waals surface area (Å²) in [7, 11) is -1.57. The fraction of sp³-hybridized carbons (Fsp3) is 0.750. The maximum Gasteiger partial charge on any atom is 0.278 e. The number of hydrogen-bond donors (Lipinski definition) is 0. The second kappa shape index (κ2) is 4.40. The zero-order valence-corrected chi connectivity index (χ0v) is 9.47. The van der Waals surface area contributed by atoms with Gasteiger partial charge in [0, 0.05) is 6.42 Å². The first kappa shape index (κ1) is 11.4. The Labute approximate surface area is 74.9 Å². The van der Waals surface area contributed by atoms with Crippen LogP contribution in [0.25, 0.3) is 0 Å². The first-order valence-electron chi connectivity index (χ1n) is 4.02. The molecule has 0 aliphatic carbocycles. The lowest BCUT2D eigenvalue weighted by Crippen LogP contribution is -2.23. The molecule has 0 N–H and O–H groups in total. The van der Waals surface area contributed by atoms with Gasteiger partial charge in [0.05, 0.1) is 5.71 Å². The van der Waals surface area contributed by atoms with Crippen LogP contribution in [0.1, 0.15) is 20.3 Å². The maximum absolute atomic E-state index is 10.7. The van der Waals surface area contributed by atoms with Gasteiger partial charge in [-0.25, -0.2) is 0 Å². The highest BCUT2D eigenvalue weighted by atomic mass is 28.4. The van der Waals surface area contributed by atoms with Gasteiger partial charge in [0.1, 0.15) is 5.78 Å². The Kier molecular flexibility index (Phi) is 4.16. The summed E-state index contributed by atoms with van der Waals surface area (Å²) in [5, 5.41) is 3.89. The van der Waals surface area contributed by atoms with E-state index in [9.17, 15) is 4.79 Å². The molecule has 0 rings (SSSR count). The quantitative estimate of drug-likeness (QED) is 0.384. The molecule has 0 bridgehead atoms. The SMILES string of the molecule is CC(=O)C/C(C)=N/O[Si](C)(C)C. The minimum absolute atomic E-state index is 0.121. The number of rotatable bonds is 4. The van der Waals surface area contributed by atoms with Crippen molar-refractivity contribution in [1.29, 1.82) is 0 Å². The molecule has 12 heavy (non-hydrogen) atoms. The van der Waals surface area contributed by atoms with Crippen molar-refractivity contribution in [1.82, 2.24) is 0 Å². The highest BCUT2D eigenvalue weighted by Gasteiger charge is 2.15. The molecule has 0 atom stereocenters. The molecule has 0 unspecified atom stereocenters. The summed E-state index contributed by atoms with van der Waals surface area (Å²) in [5.41, 5.74) is 0.755. The van der Waals surface area contributed by atoms with Crippen molar-refractivity contribution in [3.05, 3.63) is 0 Å². The lowest BCUT2D eigenvalue weighted by Gasteiger charge is -2.13. The van der Waals surface area contributed by atoms with Crippen LogP contribution in [0.15, 0.2) is 5.16 Å². The van der Waals surface area contributed by atoms with Gasteiger partial charge in [-0.15, -0.1) is 5.16 Å². The van der Waals surface area contributed by atoms with E-state index in [0.717, 1.165) is 5.71 Å². The average Bonchev–Trinajstić information content (AvgIpc) is 1.80.